The molecular formula is C15H31KO4S. The van der Waals surface area contributed by atoms with Gasteiger partial charge >= 0.3 is 51.4 Å². The smallest absolute Gasteiger partial charge is 0.748 e. The first-order valence-electron chi connectivity index (χ1n) is 8.04. The Bertz CT molecular complexity index is 320. The van der Waals surface area contributed by atoms with Crippen LogP contribution in [0.4, 0.5) is 0 Å². The van der Waals surface area contributed by atoms with Gasteiger partial charge in [0.2, 0.25) is 0 Å². The summed E-state index contributed by atoms with van der Waals surface area (Å²) >= 11 is 0. The number of hydrogen-bond donors (Lipinski definition) is 1. The Morgan fingerprint density at radius 1 is 0.857 bits per heavy atom. The van der Waals surface area contributed by atoms with E-state index in [1.165, 1.54) is 0 Å². The SMILES string of the molecule is CCCCCC(CCCCC(O)CCCC)S(=O)(=O)[O-].[K+]. The minimum absolute atomic E-state index is 0. The van der Waals surface area contributed by atoms with Crippen LogP contribution in [-0.4, -0.2) is 29.4 Å². The van der Waals surface area contributed by atoms with Crippen molar-refractivity contribution in [1.82, 2.24) is 0 Å². The molecule has 0 amide bonds. The summed E-state index contributed by atoms with van der Waals surface area (Å²) in [5.41, 5.74) is 0. The third-order valence-electron chi connectivity index (χ3n) is 3.74. The molecule has 0 saturated heterocycles. The van der Waals surface area contributed by atoms with Crippen LogP contribution >= 0.6 is 0 Å². The van der Waals surface area contributed by atoms with Crippen molar-refractivity contribution in [2.45, 2.75) is 95.8 Å². The molecule has 0 aromatic carbocycles. The van der Waals surface area contributed by atoms with Crippen molar-refractivity contribution in [1.29, 1.82) is 0 Å². The number of hydrogen-bond acceptors (Lipinski definition) is 4. The van der Waals surface area contributed by atoms with E-state index in [-0.39, 0.29) is 57.5 Å². The molecule has 0 saturated carbocycles. The zero-order chi connectivity index (χ0) is 15.4. The average molecular weight is 347 g/mol. The molecule has 0 radical (unpaired) electrons. The van der Waals surface area contributed by atoms with Gasteiger partial charge in [-0.25, -0.2) is 8.42 Å². The van der Waals surface area contributed by atoms with Gasteiger partial charge in [0, 0.05) is 5.25 Å². The molecule has 0 aromatic heterocycles. The largest absolute Gasteiger partial charge is 1.00 e. The number of rotatable bonds is 13. The van der Waals surface area contributed by atoms with Gasteiger partial charge in [-0.1, -0.05) is 58.8 Å². The molecule has 2 atom stereocenters. The van der Waals surface area contributed by atoms with E-state index in [0.29, 0.717) is 25.7 Å². The van der Waals surface area contributed by atoms with Crippen LogP contribution in [0.25, 0.3) is 0 Å². The van der Waals surface area contributed by atoms with Gasteiger partial charge in [0.05, 0.1) is 16.2 Å². The standard InChI is InChI=1S/C15H32O4S.K/c1-3-5-7-12-15(20(17,18)19)13-9-8-11-14(16)10-6-4-2;/h14-16H,3-13H2,1-2H3,(H,17,18,19);/q;+1/p-1. The third kappa shape index (κ3) is 14.8. The van der Waals surface area contributed by atoms with Crippen LogP contribution in [0, 0.1) is 0 Å². The van der Waals surface area contributed by atoms with Crippen LogP contribution in [0.15, 0.2) is 0 Å². The van der Waals surface area contributed by atoms with Crippen LogP contribution in [0.1, 0.15) is 84.5 Å². The number of unbranched alkanes of at least 4 members (excludes halogenated alkanes) is 4. The Balaban J connectivity index is 0. The van der Waals surface area contributed by atoms with Gasteiger partial charge in [0.15, 0.2) is 0 Å². The normalized spacial score (nSPS) is 14.5. The molecule has 0 aliphatic heterocycles. The van der Waals surface area contributed by atoms with E-state index in [9.17, 15) is 18.1 Å². The molecule has 4 nitrogen and oxygen atoms in total. The molecule has 0 aliphatic rings. The second-order valence-electron chi connectivity index (χ2n) is 5.69. The summed E-state index contributed by atoms with van der Waals surface area (Å²) in [5.74, 6) is 0. The van der Waals surface area contributed by atoms with Gasteiger partial charge in [0.25, 0.3) is 0 Å². The molecule has 1 N–H and O–H groups in total. The van der Waals surface area contributed by atoms with Crippen molar-refractivity contribution in [2.24, 2.45) is 0 Å². The van der Waals surface area contributed by atoms with Crippen LogP contribution in [0.2, 0.25) is 0 Å². The van der Waals surface area contributed by atoms with Gasteiger partial charge in [-0.05, 0) is 25.7 Å². The topological polar surface area (TPSA) is 77.4 Å². The Kier molecular flexibility index (Phi) is 17.8. The maximum absolute atomic E-state index is 11.2. The summed E-state index contributed by atoms with van der Waals surface area (Å²) in [5, 5.41) is 8.96. The number of aliphatic hydroxyl groups excluding tert-OH is 1. The molecule has 6 heteroatoms. The van der Waals surface area contributed by atoms with Crippen molar-refractivity contribution in [3.8, 4) is 0 Å². The fraction of sp³-hybridized carbons (Fsp3) is 1.00. The molecule has 122 valence electrons. The van der Waals surface area contributed by atoms with E-state index in [0.717, 1.165) is 44.9 Å². The van der Waals surface area contributed by atoms with Crippen LogP contribution in [-0.2, 0) is 10.1 Å². The molecule has 0 fully saturated rings. The maximum Gasteiger partial charge on any atom is 1.00 e. The van der Waals surface area contributed by atoms with Gasteiger partial charge in [0.1, 0.15) is 0 Å². The first-order chi connectivity index (χ1) is 9.41. The molecule has 0 aliphatic carbocycles. The maximum atomic E-state index is 11.2. The minimum Gasteiger partial charge on any atom is -0.748 e. The molecule has 21 heavy (non-hydrogen) atoms. The van der Waals surface area contributed by atoms with Gasteiger partial charge < -0.3 is 9.66 Å². The van der Waals surface area contributed by atoms with Crippen molar-refractivity contribution < 1.29 is 69.5 Å². The summed E-state index contributed by atoms with van der Waals surface area (Å²) in [6, 6.07) is 0. The van der Waals surface area contributed by atoms with Crippen LogP contribution in [0.5, 0.6) is 0 Å². The predicted molar refractivity (Wildman–Crippen MR) is 81.6 cm³/mol. The van der Waals surface area contributed by atoms with E-state index < -0.39 is 15.4 Å². The second-order valence-corrected chi connectivity index (χ2v) is 7.34. The molecule has 0 rings (SSSR count). The fourth-order valence-electron chi connectivity index (χ4n) is 2.39. The van der Waals surface area contributed by atoms with E-state index in [4.69, 9.17) is 0 Å². The zero-order valence-electron chi connectivity index (χ0n) is 14.0. The first-order valence-corrected chi connectivity index (χ1v) is 9.51. The monoisotopic (exact) mass is 346 g/mol. The summed E-state index contributed by atoms with van der Waals surface area (Å²) in [7, 11) is -4.17. The molecular weight excluding hydrogens is 315 g/mol. The Labute approximate surface area is 173 Å². The van der Waals surface area contributed by atoms with Crippen molar-refractivity contribution in [2.75, 3.05) is 0 Å². The molecule has 0 aromatic rings. The van der Waals surface area contributed by atoms with E-state index in [1.54, 1.807) is 0 Å². The van der Waals surface area contributed by atoms with Gasteiger partial charge in [-0.15, -0.1) is 0 Å². The first kappa shape index (κ1) is 24.8. The van der Waals surface area contributed by atoms with E-state index in [1.807, 2.05) is 0 Å². The second kappa shape index (κ2) is 15.1. The van der Waals surface area contributed by atoms with Crippen LogP contribution in [0.3, 0.4) is 0 Å². The fourth-order valence-corrected chi connectivity index (χ4v) is 3.30. The summed E-state index contributed by atoms with van der Waals surface area (Å²) in [6.07, 6.45) is 8.58. The van der Waals surface area contributed by atoms with E-state index in [2.05, 4.69) is 13.8 Å². The Morgan fingerprint density at radius 2 is 1.29 bits per heavy atom. The predicted octanol–water partition coefficient (Wildman–Crippen LogP) is 0.596. The molecule has 0 heterocycles. The summed E-state index contributed by atoms with van der Waals surface area (Å²) in [6.45, 7) is 4.14. The summed E-state index contributed by atoms with van der Waals surface area (Å²) in [4.78, 5) is 0. The minimum atomic E-state index is -4.17. The molecule has 2 unspecified atom stereocenters. The van der Waals surface area contributed by atoms with Crippen molar-refractivity contribution >= 4 is 10.1 Å². The molecule has 0 spiro atoms. The number of aliphatic hydroxyl groups is 1. The molecule has 0 bridgehead atoms. The van der Waals surface area contributed by atoms with Gasteiger partial charge in [-0.2, -0.15) is 0 Å². The van der Waals surface area contributed by atoms with E-state index >= 15 is 0 Å². The Hall–Kier alpha value is 1.51. The zero-order valence-corrected chi connectivity index (χ0v) is 18.0. The average Bonchev–Trinajstić information content (AvgIpc) is 2.37. The van der Waals surface area contributed by atoms with Crippen LogP contribution < -0.4 is 51.4 Å². The summed E-state index contributed by atoms with van der Waals surface area (Å²) < 4.78 is 33.6. The Morgan fingerprint density at radius 3 is 1.76 bits per heavy atom. The van der Waals surface area contributed by atoms with Crippen molar-refractivity contribution in [3.63, 3.8) is 0 Å². The third-order valence-corrected chi connectivity index (χ3v) is 5.03. The quantitative estimate of drug-likeness (QED) is 0.301. The van der Waals surface area contributed by atoms with Crippen molar-refractivity contribution in [3.05, 3.63) is 0 Å². The van der Waals surface area contributed by atoms with Gasteiger partial charge in [-0.3, -0.25) is 0 Å².